The van der Waals surface area contributed by atoms with Crippen LogP contribution in [0.3, 0.4) is 0 Å². The summed E-state index contributed by atoms with van der Waals surface area (Å²) in [5, 5.41) is 18.8. The van der Waals surface area contributed by atoms with E-state index in [0.717, 1.165) is 0 Å². The van der Waals surface area contributed by atoms with Crippen LogP contribution in [0.25, 0.3) is 0 Å². The SMILES string of the molecule is C=CC(C)c1c(C=O)ccc(O)c1O. The molecule has 0 heterocycles. The Balaban J connectivity index is 3.42. The molecule has 0 saturated heterocycles. The smallest absolute Gasteiger partial charge is 0.161 e. The number of phenols is 2. The molecular weight excluding hydrogens is 180 g/mol. The minimum absolute atomic E-state index is 0.178. The highest BCUT2D eigenvalue weighted by atomic mass is 16.3. The summed E-state index contributed by atoms with van der Waals surface area (Å²) in [4.78, 5) is 10.7. The molecule has 0 aromatic heterocycles. The van der Waals surface area contributed by atoms with Crippen molar-refractivity contribution in [3.63, 3.8) is 0 Å². The Morgan fingerprint density at radius 1 is 1.43 bits per heavy atom. The fraction of sp³-hybridized carbons (Fsp3) is 0.182. The zero-order chi connectivity index (χ0) is 10.7. The molecule has 2 N–H and O–H groups in total. The fourth-order valence-corrected chi connectivity index (χ4v) is 1.31. The van der Waals surface area contributed by atoms with Crippen molar-refractivity contribution in [1.82, 2.24) is 0 Å². The number of hydrogen-bond donors (Lipinski definition) is 2. The Morgan fingerprint density at radius 3 is 2.57 bits per heavy atom. The van der Waals surface area contributed by atoms with Crippen LogP contribution in [0.15, 0.2) is 24.8 Å². The summed E-state index contributed by atoms with van der Waals surface area (Å²) < 4.78 is 0. The summed E-state index contributed by atoms with van der Waals surface area (Å²) in [6.45, 7) is 5.36. The molecule has 1 aromatic rings. The Bertz CT molecular complexity index is 369. The number of phenolic OH excluding ortho intramolecular Hbond substituents is 2. The first-order valence-corrected chi connectivity index (χ1v) is 4.24. The molecule has 3 heteroatoms. The van der Waals surface area contributed by atoms with Crippen LogP contribution in [0.4, 0.5) is 0 Å². The lowest BCUT2D eigenvalue weighted by molar-refractivity contribution is 0.112. The molecule has 0 saturated carbocycles. The van der Waals surface area contributed by atoms with Crippen molar-refractivity contribution in [2.24, 2.45) is 0 Å². The van der Waals surface area contributed by atoms with Gasteiger partial charge >= 0.3 is 0 Å². The van der Waals surface area contributed by atoms with Gasteiger partial charge in [0, 0.05) is 17.0 Å². The van der Waals surface area contributed by atoms with Crippen molar-refractivity contribution >= 4 is 6.29 Å². The normalized spacial score (nSPS) is 12.1. The molecule has 0 fully saturated rings. The molecule has 0 bridgehead atoms. The van der Waals surface area contributed by atoms with Crippen molar-refractivity contribution in [2.75, 3.05) is 0 Å². The van der Waals surface area contributed by atoms with E-state index in [1.165, 1.54) is 12.1 Å². The maximum absolute atomic E-state index is 10.7. The maximum atomic E-state index is 10.7. The molecular formula is C11H12O3. The lowest BCUT2D eigenvalue weighted by Crippen LogP contribution is -1.96. The number of aromatic hydroxyl groups is 2. The predicted octanol–water partition coefficient (Wildman–Crippen LogP) is 2.20. The predicted molar refractivity (Wildman–Crippen MR) is 53.8 cm³/mol. The number of rotatable bonds is 3. The van der Waals surface area contributed by atoms with Crippen molar-refractivity contribution in [3.05, 3.63) is 35.9 Å². The molecule has 74 valence electrons. The molecule has 0 aliphatic rings. The van der Waals surface area contributed by atoms with Crippen LogP contribution >= 0.6 is 0 Å². The third-order valence-electron chi connectivity index (χ3n) is 2.17. The molecule has 0 aliphatic heterocycles. The van der Waals surface area contributed by atoms with E-state index >= 15 is 0 Å². The Labute approximate surface area is 82.3 Å². The van der Waals surface area contributed by atoms with Crippen LogP contribution in [0.1, 0.15) is 28.8 Å². The summed E-state index contributed by atoms with van der Waals surface area (Å²) in [6.07, 6.45) is 2.25. The first-order chi connectivity index (χ1) is 6.61. The summed E-state index contributed by atoms with van der Waals surface area (Å²) in [5.41, 5.74) is 0.780. The van der Waals surface area contributed by atoms with Gasteiger partial charge in [-0.25, -0.2) is 0 Å². The van der Waals surface area contributed by atoms with Gasteiger partial charge in [-0.15, -0.1) is 6.58 Å². The van der Waals surface area contributed by atoms with Gasteiger partial charge in [0.25, 0.3) is 0 Å². The minimum atomic E-state index is -0.248. The minimum Gasteiger partial charge on any atom is -0.504 e. The average molecular weight is 192 g/mol. The molecule has 0 radical (unpaired) electrons. The fourth-order valence-electron chi connectivity index (χ4n) is 1.31. The van der Waals surface area contributed by atoms with Gasteiger partial charge in [-0.1, -0.05) is 13.0 Å². The first-order valence-electron chi connectivity index (χ1n) is 4.24. The number of allylic oxidation sites excluding steroid dienone is 1. The van der Waals surface area contributed by atoms with Gasteiger partial charge in [0.05, 0.1) is 0 Å². The number of carbonyl (C=O) groups is 1. The number of aldehydes is 1. The molecule has 1 unspecified atom stereocenters. The third kappa shape index (κ3) is 1.62. The van der Waals surface area contributed by atoms with Gasteiger partial charge < -0.3 is 10.2 Å². The van der Waals surface area contributed by atoms with Gasteiger partial charge in [-0.3, -0.25) is 4.79 Å². The molecule has 0 spiro atoms. The quantitative estimate of drug-likeness (QED) is 0.438. The maximum Gasteiger partial charge on any atom is 0.161 e. The van der Waals surface area contributed by atoms with Gasteiger partial charge in [-0.05, 0) is 12.1 Å². The Morgan fingerprint density at radius 2 is 2.07 bits per heavy atom. The molecule has 3 nitrogen and oxygen atoms in total. The molecule has 1 rings (SSSR count). The standard InChI is InChI=1S/C11H12O3/c1-3-7(2)10-8(6-12)4-5-9(13)11(10)14/h3-7,13-14H,1H2,2H3. The Kier molecular flexibility index (Phi) is 2.92. The van der Waals surface area contributed by atoms with Crippen LogP contribution in [-0.2, 0) is 0 Å². The van der Waals surface area contributed by atoms with E-state index in [9.17, 15) is 15.0 Å². The van der Waals surface area contributed by atoms with Crippen molar-refractivity contribution in [3.8, 4) is 11.5 Å². The van der Waals surface area contributed by atoms with Gasteiger partial charge in [-0.2, -0.15) is 0 Å². The molecule has 0 amide bonds. The highest BCUT2D eigenvalue weighted by Crippen LogP contribution is 2.36. The van der Waals surface area contributed by atoms with Crippen LogP contribution in [0.2, 0.25) is 0 Å². The van der Waals surface area contributed by atoms with E-state index in [1.54, 1.807) is 13.0 Å². The molecule has 1 aromatic carbocycles. The summed E-state index contributed by atoms with van der Waals surface area (Å²) in [7, 11) is 0. The average Bonchev–Trinajstić information content (AvgIpc) is 2.20. The van der Waals surface area contributed by atoms with Crippen LogP contribution in [0, 0.1) is 0 Å². The van der Waals surface area contributed by atoms with E-state index < -0.39 is 0 Å². The lowest BCUT2D eigenvalue weighted by Gasteiger charge is -2.12. The second kappa shape index (κ2) is 3.96. The van der Waals surface area contributed by atoms with Crippen molar-refractivity contribution in [1.29, 1.82) is 0 Å². The zero-order valence-electron chi connectivity index (χ0n) is 7.90. The van der Waals surface area contributed by atoms with E-state index in [-0.39, 0.29) is 17.4 Å². The zero-order valence-corrected chi connectivity index (χ0v) is 7.90. The highest BCUT2D eigenvalue weighted by molar-refractivity contribution is 5.80. The number of carbonyl (C=O) groups excluding carboxylic acids is 1. The number of hydrogen-bond acceptors (Lipinski definition) is 3. The van der Waals surface area contributed by atoms with Crippen LogP contribution in [-0.4, -0.2) is 16.5 Å². The van der Waals surface area contributed by atoms with Crippen molar-refractivity contribution < 1.29 is 15.0 Å². The second-order valence-electron chi connectivity index (χ2n) is 3.08. The van der Waals surface area contributed by atoms with E-state index in [2.05, 4.69) is 6.58 Å². The summed E-state index contributed by atoms with van der Waals surface area (Å²) in [6, 6.07) is 2.76. The largest absolute Gasteiger partial charge is 0.504 e. The topological polar surface area (TPSA) is 57.5 Å². The van der Waals surface area contributed by atoms with Gasteiger partial charge in [0.15, 0.2) is 11.5 Å². The van der Waals surface area contributed by atoms with E-state index in [0.29, 0.717) is 17.4 Å². The van der Waals surface area contributed by atoms with E-state index in [4.69, 9.17) is 0 Å². The molecule has 0 aliphatic carbocycles. The van der Waals surface area contributed by atoms with Crippen molar-refractivity contribution in [2.45, 2.75) is 12.8 Å². The first kappa shape index (κ1) is 10.3. The summed E-state index contributed by atoms with van der Waals surface area (Å²) >= 11 is 0. The molecule has 1 atom stereocenters. The molecule has 14 heavy (non-hydrogen) atoms. The third-order valence-corrected chi connectivity index (χ3v) is 2.17. The second-order valence-corrected chi connectivity index (χ2v) is 3.08. The van der Waals surface area contributed by atoms with Gasteiger partial charge in [0.2, 0.25) is 0 Å². The van der Waals surface area contributed by atoms with Crippen LogP contribution < -0.4 is 0 Å². The summed E-state index contributed by atoms with van der Waals surface area (Å²) in [5.74, 6) is -0.649. The van der Waals surface area contributed by atoms with Crippen LogP contribution in [0.5, 0.6) is 11.5 Å². The lowest BCUT2D eigenvalue weighted by atomic mass is 9.95. The number of benzene rings is 1. The van der Waals surface area contributed by atoms with E-state index in [1.807, 2.05) is 0 Å². The monoisotopic (exact) mass is 192 g/mol. The Hall–Kier alpha value is -1.77. The van der Waals surface area contributed by atoms with Gasteiger partial charge in [0.1, 0.15) is 6.29 Å². The highest BCUT2D eigenvalue weighted by Gasteiger charge is 2.15.